The largest absolute Gasteiger partial charge is 0.463 e. The molecule has 0 spiro atoms. The van der Waals surface area contributed by atoms with Gasteiger partial charge in [-0.25, -0.2) is 4.79 Å². The maximum Gasteiger partial charge on any atom is 0.347 e. The van der Waals surface area contributed by atoms with Gasteiger partial charge in [-0.2, -0.15) is 0 Å². The van der Waals surface area contributed by atoms with Crippen molar-refractivity contribution >= 4 is 17.7 Å². The summed E-state index contributed by atoms with van der Waals surface area (Å²) in [4.78, 5) is 41.5. The first-order valence-electron chi connectivity index (χ1n) is 31.9. The van der Waals surface area contributed by atoms with E-state index in [0.717, 1.165) is 70.6 Å². The zero-order chi connectivity index (χ0) is 50.2. The lowest BCUT2D eigenvalue weighted by Gasteiger charge is -2.21. The smallest absolute Gasteiger partial charge is 0.347 e. The summed E-state index contributed by atoms with van der Waals surface area (Å²) in [6.07, 6.45) is 64.8. The van der Waals surface area contributed by atoms with Crippen LogP contribution in [0.25, 0.3) is 0 Å². The van der Waals surface area contributed by atoms with Crippen molar-refractivity contribution in [3.63, 3.8) is 0 Å². The Balaban J connectivity index is 5.15. The third kappa shape index (κ3) is 50.0. The highest BCUT2D eigenvalue weighted by molar-refractivity contribution is 5.99. The topological polar surface area (TPSA) is 69.7 Å². The van der Waals surface area contributed by atoms with Gasteiger partial charge in [-0.3, -0.25) is 9.59 Å². The average Bonchev–Trinajstić information content (AvgIpc) is 3.35. The molecule has 0 bridgehead atoms. The number of rotatable bonds is 59. The van der Waals surface area contributed by atoms with Gasteiger partial charge in [0, 0.05) is 6.42 Å². The lowest BCUT2D eigenvalue weighted by molar-refractivity contribution is -0.172. The molecule has 2 atom stereocenters. The van der Waals surface area contributed by atoms with E-state index in [0.29, 0.717) is 25.9 Å². The van der Waals surface area contributed by atoms with Crippen molar-refractivity contribution in [3.05, 3.63) is 0 Å². The number of ether oxygens (including phenoxy) is 2. The van der Waals surface area contributed by atoms with E-state index >= 15 is 0 Å². The SMILES string of the molecule is CCCCCCCCCCCCCCCCOC(=O)C(CCCCCCCCCCCCCC)OC(=O)C(CCCCCCCCCCCCCCCC)C(=O)CCCCCCCCCCCCC. The molecule has 0 aromatic rings. The Hall–Kier alpha value is -1.39. The lowest BCUT2D eigenvalue weighted by Crippen LogP contribution is -2.35. The van der Waals surface area contributed by atoms with Crippen LogP contribution < -0.4 is 0 Å². The van der Waals surface area contributed by atoms with Crippen LogP contribution >= 0.6 is 0 Å². The van der Waals surface area contributed by atoms with Crippen LogP contribution in [0.1, 0.15) is 374 Å². The number of Topliss-reactive ketones (excluding diaryl/α,β-unsaturated/α-hetero) is 1. The minimum Gasteiger partial charge on any atom is -0.463 e. The normalized spacial score (nSPS) is 12.4. The molecule has 0 saturated carbocycles. The van der Waals surface area contributed by atoms with Gasteiger partial charge >= 0.3 is 11.9 Å². The molecular formula is C64H124O5. The van der Waals surface area contributed by atoms with Gasteiger partial charge in [-0.15, -0.1) is 0 Å². The summed E-state index contributed by atoms with van der Waals surface area (Å²) < 4.78 is 12.0. The monoisotopic (exact) mass is 973 g/mol. The molecule has 0 radical (unpaired) electrons. The molecule has 0 heterocycles. The Kier molecular flexibility index (Phi) is 56.4. The standard InChI is InChI=1S/C64H124O5/c1-5-9-13-17-21-25-29-32-34-37-40-44-48-52-56-60(61(65)57-53-49-45-41-36-28-24-20-16-12-8-4)63(66)69-62(58-54-50-46-42-38-31-27-23-19-15-11-7-3)64(67)68-59-55-51-47-43-39-35-33-30-26-22-18-14-10-6-2/h60,62H,5-59H2,1-4H3. The van der Waals surface area contributed by atoms with Crippen molar-refractivity contribution in [2.24, 2.45) is 5.92 Å². The summed E-state index contributed by atoms with van der Waals surface area (Å²) in [6.45, 7) is 9.49. The maximum absolute atomic E-state index is 14.0. The lowest BCUT2D eigenvalue weighted by atomic mass is 9.92. The van der Waals surface area contributed by atoms with Crippen molar-refractivity contribution < 1.29 is 23.9 Å². The highest BCUT2D eigenvalue weighted by atomic mass is 16.6. The third-order valence-corrected chi connectivity index (χ3v) is 15.1. The Morgan fingerprint density at radius 3 is 0.826 bits per heavy atom. The van der Waals surface area contributed by atoms with E-state index < -0.39 is 24.0 Å². The quantitative estimate of drug-likeness (QED) is 0.0345. The number of carbonyl (C=O) groups is 3. The number of unbranched alkanes of at least 4 members (excludes halogenated alkanes) is 47. The minimum absolute atomic E-state index is 0.0190. The van der Waals surface area contributed by atoms with Gasteiger partial charge in [-0.05, 0) is 32.1 Å². The second-order valence-electron chi connectivity index (χ2n) is 22.1. The molecule has 0 aliphatic carbocycles. The summed E-state index contributed by atoms with van der Waals surface area (Å²) in [5, 5.41) is 0. The average molecular weight is 974 g/mol. The highest BCUT2D eigenvalue weighted by Crippen LogP contribution is 2.23. The number of hydrogen-bond acceptors (Lipinski definition) is 5. The summed E-state index contributed by atoms with van der Waals surface area (Å²) in [5.74, 6) is -1.64. The predicted octanol–water partition coefficient (Wildman–Crippen LogP) is 21.8. The number of esters is 2. The van der Waals surface area contributed by atoms with Crippen LogP contribution in [0.4, 0.5) is 0 Å². The molecule has 69 heavy (non-hydrogen) atoms. The first-order valence-corrected chi connectivity index (χ1v) is 31.9. The Morgan fingerprint density at radius 1 is 0.275 bits per heavy atom. The molecule has 0 saturated heterocycles. The number of hydrogen-bond donors (Lipinski definition) is 0. The Bertz CT molecular complexity index is 1040. The van der Waals surface area contributed by atoms with Crippen molar-refractivity contribution in [2.75, 3.05) is 6.61 Å². The highest BCUT2D eigenvalue weighted by Gasteiger charge is 2.32. The number of ketones is 1. The summed E-state index contributed by atoms with van der Waals surface area (Å²) in [5.41, 5.74) is 0. The molecule has 5 heteroatoms. The molecule has 0 aromatic carbocycles. The first kappa shape index (κ1) is 67.6. The third-order valence-electron chi connectivity index (χ3n) is 15.1. The Labute approximate surface area is 432 Å². The van der Waals surface area contributed by atoms with Crippen molar-refractivity contribution in [3.8, 4) is 0 Å². The fraction of sp³-hybridized carbons (Fsp3) is 0.953. The van der Waals surface area contributed by atoms with E-state index in [1.807, 2.05) is 0 Å². The molecule has 0 aliphatic rings. The zero-order valence-corrected chi connectivity index (χ0v) is 47.6. The van der Waals surface area contributed by atoms with Gasteiger partial charge in [0.2, 0.25) is 0 Å². The van der Waals surface area contributed by atoms with Crippen LogP contribution in [0.2, 0.25) is 0 Å². The molecule has 0 rings (SSSR count). The van der Waals surface area contributed by atoms with Crippen LogP contribution in [0, 0.1) is 5.92 Å². The fourth-order valence-corrected chi connectivity index (χ4v) is 10.3. The first-order chi connectivity index (χ1) is 34.0. The molecule has 0 fully saturated rings. The molecule has 0 aromatic heterocycles. The van der Waals surface area contributed by atoms with Crippen LogP contribution in [0.15, 0.2) is 0 Å². The Morgan fingerprint density at radius 2 is 0.522 bits per heavy atom. The summed E-state index contributed by atoms with van der Waals surface area (Å²) in [6, 6.07) is 0. The molecule has 0 N–H and O–H groups in total. The minimum atomic E-state index is -0.916. The second kappa shape index (κ2) is 57.5. The second-order valence-corrected chi connectivity index (χ2v) is 22.1. The van der Waals surface area contributed by atoms with Gasteiger partial charge in [0.25, 0.3) is 0 Å². The summed E-state index contributed by atoms with van der Waals surface area (Å²) in [7, 11) is 0. The number of carbonyl (C=O) groups excluding carboxylic acids is 3. The zero-order valence-electron chi connectivity index (χ0n) is 47.6. The molecule has 5 nitrogen and oxygen atoms in total. The molecular weight excluding hydrogens is 849 g/mol. The molecule has 0 amide bonds. The van der Waals surface area contributed by atoms with Crippen molar-refractivity contribution in [1.82, 2.24) is 0 Å². The van der Waals surface area contributed by atoms with E-state index in [1.54, 1.807) is 0 Å². The van der Waals surface area contributed by atoms with Crippen molar-refractivity contribution in [1.29, 1.82) is 0 Å². The maximum atomic E-state index is 14.0. The van der Waals surface area contributed by atoms with E-state index in [1.165, 1.54) is 257 Å². The van der Waals surface area contributed by atoms with E-state index in [9.17, 15) is 14.4 Å². The summed E-state index contributed by atoms with van der Waals surface area (Å²) >= 11 is 0. The molecule has 2 unspecified atom stereocenters. The van der Waals surface area contributed by atoms with Crippen molar-refractivity contribution in [2.45, 2.75) is 381 Å². The van der Waals surface area contributed by atoms with Gasteiger partial charge < -0.3 is 9.47 Å². The van der Waals surface area contributed by atoms with E-state index in [2.05, 4.69) is 27.7 Å². The molecule has 410 valence electrons. The van der Waals surface area contributed by atoms with Gasteiger partial charge in [0.05, 0.1) is 6.61 Å². The predicted molar refractivity (Wildman–Crippen MR) is 301 cm³/mol. The van der Waals surface area contributed by atoms with Crippen LogP contribution in [-0.4, -0.2) is 30.4 Å². The van der Waals surface area contributed by atoms with E-state index in [-0.39, 0.29) is 5.78 Å². The van der Waals surface area contributed by atoms with Gasteiger partial charge in [0.1, 0.15) is 11.7 Å². The van der Waals surface area contributed by atoms with Crippen LogP contribution in [-0.2, 0) is 23.9 Å². The van der Waals surface area contributed by atoms with Gasteiger partial charge in [0.15, 0.2) is 6.10 Å². The van der Waals surface area contributed by atoms with Crippen LogP contribution in [0.5, 0.6) is 0 Å². The van der Waals surface area contributed by atoms with Crippen LogP contribution in [0.3, 0.4) is 0 Å². The molecule has 0 aliphatic heterocycles. The van der Waals surface area contributed by atoms with Gasteiger partial charge in [-0.1, -0.05) is 336 Å². The van der Waals surface area contributed by atoms with E-state index in [4.69, 9.17) is 9.47 Å². The fourth-order valence-electron chi connectivity index (χ4n) is 10.3.